The lowest BCUT2D eigenvalue weighted by atomic mass is 10.0. The molecule has 2 heterocycles. The lowest BCUT2D eigenvalue weighted by Gasteiger charge is -2.13. The van der Waals surface area contributed by atoms with Crippen LogP contribution in [0.15, 0.2) is 64.1 Å². The van der Waals surface area contributed by atoms with E-state index in [1.165, 1.54) is 43.2 Å². The summed E-state index contributed by atoms with van der Waals surface area (Å²) in [7, 11) is 1.39. The monoisotopic (exact) mass is 400 g/mol. The number of aryl methyl sites for hydroxylation is 1. The number of para-hydroxylation sites is 1. The van der Waals surface area contributed by atoms with Crippen LogP contribution in [-0.2, 0) is 6.18 Å². The topological polar surface area (TPSA) is 57.3 Å². The van der Waals surface area contributed by atoms with Gasteiger partial charge in [-0.1, -0.05) is 18.2 Å². The number of rotatable bonds is 3. The summed E-state index contributed by atoms with van der Waals surface area (Å²) < 4.78 is 53.2. The molecular formula is C21H15F3N2O3. The van der Waals surface area contributed by atoms with Crippen LogP contribution in [0.1, 0.15) is 11.3 Å². The van der Waals surface area contributed by atoms with Gasteiger partial charge in [-0.2, -0.15) is 18.3 Å². The maximum absolute atomic E-state index is 13.8. The number of halogens is 3. The lowest BCUT2D eigenvalue weighted by Crippen LogP contribution is -2.16. The lowest BCUT2D eigenvalue weighted by molar-refractivity contribution is -0.152. The van der Waals surface area contributed by atoms with E-state index in [9.17, 15) is 18.0 Å². The van der Waals surface area contributed by atoms with Crippen molar-refractivity contribution in [3.63, 3.8) is 0 Å². The second kappa shape index (κ2) is 6.80. The summed E-state index contributed by atoms with van der Waals surface area (Å²) in [6.07, 6.45) is -2.28. The van der Waals surface area contributed by atoms with E-state index in [-0.39, 0.29) is 16.5 Å². The first-order valence-electron chi connectivity index (χ1n) is 8.63. The second-order valence-corrected chi connectivity index (χ2v) is 6.41. The molecule has 0 unspecified atom stereocenters. The quantitative estimate of drug-likeness (QED) is 0.487. The predicted molar refractivity (Wildman–Crippen MR) is 101 cm³/mol. The average molecular weight is 400 g/mol. The molecule has 29 heavy (non-hydrogen) atoms. The van der Waals surface area contributed by atoms with Crippen LogP contribution in [0, 0.1) is 6.92 Å². The molecule has 0 saturated carbocycles. The third-order valence-corrected chi connectivity index (χ3v) is 4.63. The first kappa shape index (κ1) is 18.8. The molecule has 2 aromatic heterocycles. The van der Waals surface area contributed by atoms with Gasteiger partial charge in [-0.3, -0.25) is 4.79 Å². The van der Waals surface area contributed by atoms with Gasteiger partial charge in [0.05, 0.1) is 29.9 Å². The highest BCUT2D eigenvalue weighted by Crippen LogP contribution is 2.39. The molecule has 4 rings (SSSR count). The molecule has 8 heteroatoms. The van der Waals surface area contributed by atoms with Crippen LogP contribution in [0.4, 0.5) is 13.2 Å². The van der Waals surface area contributed by atoms with Gasteiger partial charge < -0.3 is 9.15 Å². The van der Waals surface area contributed by atoms with E-state index in [1.807, 2.05) is 6.07 Å². The summed E-state index contributed by atoms with van der Waals surface area (Å²) in [5.74, 6) is -1.03. The Kier molecular flexibility index (Phi) is 4.41. The highest BCUT2D eigenvalue weighted by atomic mass is 19.4. The third kappa shape index (κ3) is 3.16. The molecule has 148 valence electrons. The minimum absolute atomic E-state index is 0.0188. The van der Waals surface area contributed by atoms with E-state index >= 15 is 0 Å². The fourth-order valence-electron chi connectivity index (χ4n) is 3.23. The number of ether oxygens (including phenoxy) is 1. The van der Waals surface area contributed by atoms with Crippen LogP contribution in [0.25, 0.3) is 27.8 Å². The van der Waals surface area contributed by atoms with Crippen molar-refractivity contribution in [1.82, 2.24) is 9.78 Å². The van der Waals surface area contributed by atoms with Crippen LogP contribution in [0.3, 0.4) is 0 Å². The number of aromatic nitrogens is 2. The Hall–Kier alpha value is -3.55. The zero-order valence-electron chi connectivity index (χ0n) is 15.4. The number of hydrogen-bond acceptors (Lipinski definition) is 4. The molecule has 0 atom stereocenters. The summed E-state index contributed by atoms with van der Waals surface area (Å²) in [5.41, 5.74) is -0.517. The summed E-state index contributed by atoms with van der Waals surface area (Å²) in [6.45, 7) is 1.54. The zero-order chi connectivity index (χ0) is 20.8. The Labute approximate surface area is 163 Å². The van der Waals surface area contributed by atoms with Crippen LogP contribution in [0.2, 0.25) is 0 Å². The van der Waals surface area contributed by atoms with E-state index < -0.39 is 22.9 Å². The normalized spacial score (nSPS) is 11.8. The highest BCUT2D eigenvalue weighted by molar-refractivity contribution is 5.86. The minimum Gasteiger partial charge on any atom is -0.496 e. The van der Waals surface area contributed by atoms with Crippen molar-refractivity contribution in [3.8, 4) is 22.6 Å². The van der Waals surface area contributed by atoms with Crippen LogP contribution < -0.4 is 10.2 Å². The molecule has 0 saturated heterocycles. The predicted octanol–water partition coefficient (Wildman–Crippen LogP) is 4.98. The fourth-order valence-corrected chi connectivity index (χ4v) is 3.23. The van der Waals surface area contributed by atoms with Gasteiger partial charge in [-0.15, -0.1) is 0 Å². The molecule has 0 spiro atoms. The second-order valence-electron chi connectivity index (χ2n) is 6.41. The minimum atomic E-state index is -4.87. The van der Waals surface area contributed by atoms with Crippen molar-refractivity contribution >= 4 is 11.0 Å². The van der Waals surface area contributed by atoms with Gasteiger partial charge in [0.2, 0.25) is 11.2 Å². The zero-order valence-corrected chi connectivity index (χ0v) is 15.4. The summed E-state index contributed by atoms with van der Waals surface area (Å²) in [4.78, 5) is 13.1. The largest absolute Gasteiger partial charge is 0.496 e. The van der Waals surface area contributed by atoms with E-state index in [4.69, 9.17) is 9.15 Å². The van der Waals surface area contributed by atoms with Crippen molar-refractivity contribution in [3.05, 3.63) is 76.4 Å². The van der Waals surface area contributed by atoms with E-state index in [0.29, 0.717) is 17.0 Å². The molecule has 2 aromatic carbocycles. The Morgan fingerprint density at radius 2 is 1.83 bits per heavy atom. The summed E-state index contributed by atoms with van der Waals surface area (Å²) in [6, 6.07) is 11.8. The average Bonchev–Trinajstić information content (AvgIpc) is 3.18. The van der Waals surface area contributed by atoms with Crippen LogP contribution in [0.5, 0.6) is 5.75 Å². The van der Waals surface area contributed by atoms with Crippen molar-refractivity contribution in [2.75, 3.05) is 7.11 Å². The fraction of sp³-hybridized carbons (Fsp3) is 0.143. The third-order valence-electron chi connectivity index (χ3n) is 4.63. The Morgan fingerprint density at radius 3 is 2.48 bits per heavy atom. The van der Waals surface area contributed by atoms with E-state index in [2.05, 4.69) is 5.10 Å². The molecule has 0 aliphatic heterocycles. The van der Waals surface area contributed by atoms with Crippen LogP contribution >= 0.6 is 0 Å². The van der Waals surface area contributed by atoms with Gasteiger partial charge >= 0.3 is 6.18 Å². The molecule has 0 N–H and O–H groups in total. The number of methoxy groups -OCH3 is 1. The first-order chi connectivity index (χ1) is 13.8. The van der Waals surface area contributed by atoms with Crippen molar-refractivity contribution < 1.29 is 22.3 Å². The van der Waals surface area contributed by atoms with Gasteiger partial charge in [0.15, 0.2) is 0 Å². The van der Waals surface area contributed by atoms with E-state index in [0.717, 1.165) is 0 Å². The van der Waals surface area contributed by atoms with Gasteiger partial charge in [0.1, 0.15) is 11.3 Å². The number of alkyl halides is 3. The molecule has 0 aliphatic rings. The standard InChI is InChI=1S/C21H15F3N2O3/c1-12-16(28-2)9-8-15-18(27)17(20(21(22,23)24)29-19(12)15)13-10-25-26(11-13)14-6-4-3-5-7-14/h3-11H,1-2H3. The molecule has 0 bridgehead atoms. The van der Waals surface area contributed by atoms with Gasteiger partial charge in [0.25, 0.3) is 0 Å². The number of benzene rings is 2. The summed E-state index contributed by atoms with van der Waals surface area (Å²) in [5, 5.41) is 4.14. The number of fused-ring (bicyclic) bond motifs is 1. The highest BCUT2D eigenvalue weighted by Gasteiger charge is 2.40. The van der Waals surface area contributed by atoms with Crippen molar-refractivity contribution in [2.24, 2.45) is 0 Å². The first-order valence-corrected chi connectivity index (χ1v) is 8.63. The maximum Gasteiger partial charge on any atom is 0.450 e. The SMILES string of the molecule is COc1ccc2c(=O)c(-c3cnn(-c4ccccc4)c3)c(C(F)(F)F)oc2c1C. The molecule has 0 radical (unpaired) electrons. The molecule has 0 aliphatic carbocycles. The van der Waals surface area contributed by atoms with Gasteiger partial charge in [0, 0.05) is 17.3 Å². The molecular weight excluding hydrogens is 385 g/mol. The van der Waals surface area contributed by atoms with Crippen LogP contribution in [-0.4, -0.2) is 16.9 Å². The number of nitrogens with zero attached hydrogens (tertiary/aromatic N) is 2. The molecule has 4 aromatic rings. The number of hydrogen-bond donors (Lipinski definition) is 0. The smallest absolute Gasteiger partial charge is 0.450 e. The maximum atomic E-state index is 13.8. The van der Waals surface area contributed by atoms with Crippen molar-refractivity contribution in [2.45, 2.75) is 13.1 Å². The molecule has 5 nitrogen and oxygen atoms in total. The van der Waals surface area contributed by atoms with Gasteiger partial charge in [-0.25, -0.2) is 4.68 Å². The van der Waals surface area contributed by atoms with E-state index in [1.54, 1.807) is 24.3 Å². The molecule has 0 amide bonds. The Bertz CT molecular complexity index is 1260. The van der Waals surface area contributed by atoms with Gasteiger partial charge in [-0.05, 0) is 31.2 Å². The Morgan fingerprint density at radius 1 is 1.10 bits per heavy atom. The summed E-state index contributed by atoms with van der Waals surface area (Å²) >= 11 is 0. The molecule has 0 fully saturated rings. The Balaban J connectivity index is 2.01. The van der Waals surface area contributed by atoms with Crippen molar-refractivity contribution in [1.29, 1.82) is 0 Å².